The second-order valence-electron chi connectivity index (χ2n) is 4.86. The molecule has 2 aromatic rings. The summed E-state index contributed by atoms with van der Waals surface area (Å²) in [5.41, 5.74) is 1.88. The topological polar surface area (TPSA) is 64.9 Å². The van der Waals surface area contributed by atoms with E-state index in [4.69, 9.17) is 34.8 Å². The Bertz CT molecular complexity index is 857. The summed E-state index contributed by atoms with van der Waals surface area (Å²) in [5, 5.41) is 16.0. The zero-order valence-electron chi connectivity index (χ0n) is 12.5. The van der Waals surface area contributed by atoms with Crippen LogP contribution in [0.5, 0.6) is 0 Å². The fraction of sp³-hybridized carbons (Fsp3) is 0.0588. The SMILES string of the molecule is Cc1ccc(Cl)cc1NC(=O)/C(C#N)=C\Nc1ccc(Cl)c(Cl)c1. The summed E-state index contributed by atoms with van der Waals surface area (Å²) in [6.45, 7) is 1.83. The van der Waals surface area contributed by atoms with E-state index < -0.39 is 5.91 Å². The minimum absolute atomic E-state index is 0.0968. The number of nitriles is 1. The average molecular weight is 381 g/mol. The molecule has 0 bridgehead atoms. The molecule has 2 N–H and O–H groups in total. The number of nitrogens with one attached hydrogen (secondary N) is 2. The van der Waals surface area contributed by atoms with Crippen LogP contribution < -0.4 is 10.6 Å². The van der Waals surface area contributed by atoms with E-state index >= 15 is 0 Å². The molecule has 2 rings (SSSR count). The van der Waals surface area contributed by atoms with Crippen molar-refractivity contribution < 1.29 is 4.79 Å². The maximum Gasteiger partial charge on any atom is 0.267 e. The van der Waals surface area contributed by atoms with Crippen molar-refractivity contribution in [3.05, 3.63) is 68.8 Å². The van der Waals surface area contributed by atoms with Crippen LogP contribution in [0.15, 0.2) is 48.2 Å². The maximum atomic E-state index is 12.2. The third-order valence-corrected chi connectivity index (χ3v) is 4.09. The van der Waals surface area contributed by atoms with Gasteiger partial charge in [-0.2, -0.15) is 5.26 Å². The molecule has 24 heavy (non-hydrogen) atoms. The van der Waals surface area contributed by atoms with Crippen LogP contribution in [0.3, 0.4) is 0 Å². The molecule has 0 unspecified atom stereocenters. The second kappa shape index (κ2) is 8.07. The van der Waals surface area contributed by atoms with Gasteiger partial charge < -0.3 is 10.6 Å². The van der Waals surface area contributed by atoms with Gasteiger partial charge >= 0.3 is 0 Å². The largest absolute Gasteiger partial charge is 0.360 e. The Morgan fingerprint density at radius 2 is 1.88 bits per heavy atom. The normalized spacial score (nSPS) is 10.9. The maximum absolute atomic E-state index is 12.2. The van der Waals surface area contributed by atoms with Crippen molar-refractivity contribution in [1.82, 2.24) is 0 Å². The molecule has 0 saturated carbocycles. The molecule has 0 aliphatic heterocycles. The lowest BCUT2D eigenvalue weighted by molar-refractivity contribution is -0.112. The van der Waals surface area contributed by atoms with E-state index in [1.807, 2.05) is 13.0 Å². The van der Waals surface area contributed by atoms with Crippen molar-refractivity contribution in [2.45, 2.75) is 6.92 Å². The zero-order valence-corrected chi connectivity index (χ0v) is 14.8. The van der Waals surface area contributed by atoms with Gasteiger partial charge in [0.05, 0.1) is 10.0 Å². The van der Waals surface area contributed by atoms with E-state index in [1.165, 1.54) is 6.20 Å². The van der Waals surface area contributed by atoms with Crippen LogP contribution in [0.2, 0.25) is 15.1 Å². The van der Waals surface area contributed by atoms with E-state index in [1.54, 1.807) is 36.4 Å². The highest BCUT2D eigenvalue weighted by molar-refractivity contribution is 6.42. The Kier molecular flexibility index (Phi) is 6.10. The molecule has 0 radical (unpaired) electrons. The average Bonchev–Trinajstić information content (AvgIpc) is 2.55. The first-order valence-electron chi connectivity index (χ1n) is 6.80. The molecule has 4 nitrogen and oxygen atoms in total. The number of aryl methyl sites for hydroxylation is 1. The molecule has 0 saturated heterocycles. The highest BCUT2D eigenvalue weighted by Crippen LogP contribution is 2.25. The van der Waals surface area contributed by atoms with E-state index in [0.717, 1.165) is 5.56 Å². The molecule has 0 aromatic heterocycles. The van der Waals surface area contributed by atoms with Gasteiger partial charge in [-0.25, -0.2) is 0 Å². The number of hydrogen-bond donors (Lipinski definition) is 2. The van der Waals surface area contributed by atoms with Crippen molar-refractivity contribution >= 4 is 52.1 Å². The minimum Gasteiger partial charge on any atom is -0.360 e. The molecule has 1 amide bonds. The number of halogens is 3. The predicted molar refractivity (Wildman–Crippen MR) is 98.6 cm³/mol. The second-order valence-corrected chi connectivity index (χ2v) is 6.11. The molecule has 0 atom stereocenters. The number of amides is 1. The smallest absolute Gasteiger partial charge is 0.267 e. The van der Waals surface area contributed by atoms with Crippen molar-refractivity contribution in [3.63, 3.8) is 0 Å². The Morgan fingerprint density at radius 3 is 2.54 bits per heavy atom. The summed E-state index contributed by atoms with van der Waals surface area (Å²) in [6, 6.07) is 11.9. The first-order valence-corrected chi connectivity index (χ1v) is 7.93. The van der Waals surface area contributed by atoms with Gasteiger partial charge in [-0.3, -0.25) is 4.79 Å². The highest BCUT2D eigenvalue weighted by Gasteiger charge is 2.11. The van der Waals surface area contributed by atoms with Gasteiger partial charge in [-0.15, -0.1) is 0 Å². The van der Waals surface area contributed by atoms with Gasteiger partial charge in [0.1, 0.15) is 11.6 Å². The number of nitrogens with zero attached hydrogens (tertiary/aromatic N) is 1. The predicted octanol–water partition coefficient (Wildman–Crippen LogP) is 5.41. The van der Waals surface area contributed by atoms with Crippen LogP contribution in [0.25, 0.3) is 0 Å². The lowest BCUT2D eigenvalue weighted by Crippen LogP contribution is -2.15. The van der Waals surface area contributed by atoms with Crippen LogP contribution in [0, 0.1) is 18.3 Å². The Morgan fingerprint density at radius 1 is 1.12 bits per heavy atom. The fourth-order valence-electron chi connectivity index (χ4n) is 1.81. The monoisotopic (exact) mass is 379 g/mol. The number of carbonyl (C=O) groups excluding carboxylic acids is 1. The Hall–Kier alpha value is -2.19. The van der Waals surface area contributed by atoms with Crippen LogP contribution in [0.4, 0.5) is 11.4 Å². The quantitative estimate of drug-likeness (QED) is 0.550. The molecular weight excluding hydrogens is 369 g/mol. The van der Waals surface area contributed by atoms with E-state index in [2.05, 4.69) is 10.6 Å². The number of anilines is 2. The molecule has 122 valence electrons. The lowest BCUT2D eigenvalue weighted by Gasteiger charge is -2.08. The van der Waals surface area contributed by atoms with Gasteiger partial charge in [-0.1, -0.05) is 40.9 Å². The number of rotatable bonds is 4. The highest BCUT2D eigenvalue weighted by atomic mass is 35.5. The van der Waals surface area contributed by atoms with E-state index in [-0.39, 0.29) is 5.57 Å². The molecule has 0 aliphatic rings. The molecule has 0 spiro atoms. The van der Waals surface area contributed by atoms with Crippen molar-refractivity contribution in [2.24, 2.45) is 0 Å². The summed E-state index contributed by atoms with van der Waals surface area (Å²) in [4.78, 5) is 12.2. The third-order valence-electron chi connectivity index (χ3n) is 3.12. The molecular formula is C17H12Cl3N3O. The van der Waals surface area contributed by atoms with Crippen LogP contribution in [-0.4, -0.2) is 5.91 Å². The first kappa shape index (κ1) is 18.2. The summed E-state index contributed by atoms with van der Waals surface area (Å²) >= 11 is 17.7. The standard InChI is InChI=1S/C17H12Cl3N3O/c1-10-2-3-12(18)6-16(10)23-17(24)11(8-21)9-22-13-4-5-14(19)15(20)7-13/h2-7,9,22H,1H3,(H,23,24)/b11-9-. The fourth-order valence-corrected chi connectivity index (χ4v) is 2.28. The summed E-state index contributed by atoms with van der Waals surface area (Å²) in [7, 11) is 0. The number of benzene rings is 2. The Balaban J connectivity index is 2.15. The summed E-state index contributed by atoms with van der Waals surface area (Å²) in [6.07, 6.45) is 1.30. The molecule has 2 aromatic carbocycles. The van der Waals surface area contributed by atoms with Crippen LogP contribution in [-0.2, 0) is 4.79 Å². The van der Waals surface area contributed by atoms with Crippen molar-refractivity contribution in [3.8, 4) is 6.07 Å². The van der Waals surface area contributed by atoms with Crippen molar-refractivity contribution in [1.29, 1.82) is 5.26 Å². The van der Waals surface area contributed by atoms with Gasteiger partial charge in [0, 0.05) is 22.6 Å². The van der Waals surface area contributed by atoms with Gasteiger partial charge in [-0.05, 0) is 42.8 Å². The van der Waals surface area contributed by atoms with Gasteiger partial charge in [0.25, 0.3) is 5.91 Å². The summed E-state index contributed by atoms with van der Waals surface area (Å²) < 4.78 is 0. The van der Waals surface area contributed by atoms with Crippen molar-refractivity contribution in [2.75, 3.05) is 10.6 Å². The molecule has 7 heteroatoms. The summed E-state index contributed by atoms with van der Waals surface area (Å²) in [5.74, 6) is -0.546. The third kappa shape index (κ3) is 4.65. The number of carbonyl (C=O) groups is 1. The molecule has 0 aliphatic carbocycles. The number of hydrogen-bond acceptors (Lipinski definition) is 3. The molecule has 0 fully saturated rings. The van der Waals surface area contributed by atoms with Gasteiger partial charge in [0.2, 0.25) is 0 Å². The Labute approximate surface area is 154 Å². The first-order chi connectivity index (χ1) is 11.4. The van der Waals surface area contributed by atoms with Crippen LogP contribution in [0.1, 0.15) is 5.56 Å². The van der Waals surface area contributed by atoms with Gasteiger partial charge in [0.15, 0.2) is 0 Å². The van der Waals surface area contributed by atoms with Crippen LogP contribution >= 0.6 is 34.8 Å². The van der Waals surface area contributed by atoms with E-state index in [9.17, 15) is 10.1 Å². The minimum atomic E-state index is -0.546. The molecule has 0 heterocycles. The lowest BCUT2D eigenvalue weighted by atomic mass is 10.2. The van der Waals surface area contributed by atoms with E-state index in [0.29, 0.717) is 26.4 Å². The zero-order chi connectivity index (χ0) is 17.7.